The molecule has 2 atom stereocenters. The van der Waals surface area contributed by atoms with Crippen molar-refractivity contribution < 1.29 is 13.9 Å². The normalized spacial score (nSPS) is 21.6. The van der Waals surface area contributed by atoms with Gasteiger partial charge in [0.1, 0.15) is 23.2 Å². The quantitative estimate of drug-likeness (QED) is 0.586. The zero-order valence-corrected chi connectivity index (χ0v) is 19.4. The van der Waals surface area contributed by atoms with E-state index in [2.05, 4.69) is 25.1 Å². The van der Waals surface area contributed by atoms with Gasteiger partial charge in [0.25, 0.3) is 0 Å². The minimum Gasteiger partial charge on any atom is -0.488 e. The van der Waals surface area contributed by atoms with Crippen LogP contribution in [0.15, 0.2) is 36.7 Å². The van der Waals surface area contributed by atoms with Gasteiger partial charge in [0.15, 0.2) is 0 Å². The first-order valence-corrected chi connectivity index (χ1v) is 12.3. The molecule has 2 saturated heterocycles. The van der Waals surface area contributed by atoms with Crippen LogP contribution in [-0.4, -0.2) is 54.3 Å². The maximum atomic E-state index is 15.2. The number of fused-ring (bicyclic) bond motifs is 1. The lowest BCUT2D eigenvalue weighted by molar-refractivity contribution is -0.119. The van der Waals surface area contributed by atoms with Gasteiger partial charge in [0.05, 0.1) is 17.5 Å². The van der Waals surface area contributed by atoms with E-state index in [-0.39, 0.29) is 23.7 Å². The number of rotatable bonds is 6. The van der Waals surface area contributed by atoms with Crippen LogP contribution in [0.25, 0.3) is 22.2 Å². The number of carbonyl (C=O) groups is 1. The first-order chi connectivity index (χ1) is 16.6. The van der Waals surface area contributed by atoms with E-state index in [9.17, 15) is 4.79 Å². The van der Waals surface area contributed by atoms with Gasteiger partial charge in [-0.05, 0) is 55.2 Å². The molecule has 2 aliphatic heterocycles. The van der Waals surface area contributed by atoms with Gasteiger partial charge >= 0.3 is 0 Å². The van der Waals surface area contributed by atoms with E-state index in [1.54, 1.807) is 6.07 Å². The van der Waals surface area contributed by atoms with Gasteiger partial charge in [-0.2, -0.15) is 0 Å². The fraction of sp³-hybridized carbons (Fsp3) is 0.462. The van der Waals surface area contributed by atoms with Crippen molar-refractivity contribution in [2.45, 2.75) is 38.3 Å². The van der Waals surface area contributed by atoms with Gasteiger partial charge in [0, 0.05) is 51.1 Å². The van der Waals surface area contributed by atoms with Crippen LogP contribution in [0.2, 0.25) is 0 Å². The van der Waals surface area contributed by atoms with E-state index in [0.717, 1.165) is 66.9 Å². The SMILES string of the molecule is C[C@@H](Oc1cc(-c2ccc(N3CCNCC3)c(F)c2)cc2ncn(C3CC3)c12)C1CNC(=O)C1. The number of nitrogens with one attached hydrogen (secondary N) is 2. The van der Waals surface area contributed by atoms with Crippen molar-refractivity contribution in [1.82, 2.24) is 20.2 Å². The number of hydrogen-bond donors (Lipinski definition) is 2. The minimum atomic E-state index is -0.214. The van der Waals surface area contributed by atoms with Crippen LogP contribution >= 0.6 is 0 Å². The van der Waals surface area contributed by atoms with Crippen molar-refractivity contribution in [2.75, 3.05) is 37.6 Å². The number of imidazole rings is 1. The summed E-state index contributed by atoms with van der Waals surface area (Å²) in [5.74, 6) is 0.728. The molecule has 8 heteroatoms. The van der Waals surface area contributed by atoms with E-state index >= 15 is 4.39 Å². The second kappa shape index (κ2) is 8.58. The third-order valence-electron chi connectivity index (χ3n) is 7.30. The van der Waals surface area contributed by atoms with E-state index in [1.807, 2.05) is 37.5 Å². The molecule has 6 rings (SSSR count). The monoisotopic (exact) mass is 463 g/mol. The molecule has 3 heterocycles. The molecule has 3 aromatic rings. The van der Waals surface area contributed by atoms with Gasteiger partial charge < -0.3 is 24.8 Å². The van der Waals surface area contributed by atoms with E-state index in [4.69, 9.17) is 4.74 Å². The lowest BCUT2D eigenvalue weighted by atomic mass is 10.0. The Hall–Kier alpha value is -3.13. The van der Waals surface area contributed by atoms with Crippen molar-refractivity contribution in [1.29, 1.82) is 0 Å². The molecule has 178 valence electrons. The van der Waals surface area contributed by atoms with Crippen LogP contribution in [0.5, 0.6) is 5.75 Å². The highest BCUT2D eigenvalue weighted by molar-refractivity contribution is 5.88. The van der Waals surface area contributed by atoms with Crippen molar-refractivity contribution >= 4 is 22.6 Å². The average Bonchev–Trinajstić information content (AvgIpc) is 3.44. The molecule has 0 bridgehead atoms. The Kier molecular flexibility index (Phi) is 5.40. The summed E-state index contributed by atoms with van der Waals surface area (Å²) in [4.78, 5) is 18.5. The number of amides is 1. The largest absolute Gasteiger partial charge is 0.488 e. The van der Waals surface area contributed by atoms with E-state index < -0.39 is 0 Å². The predicted octanol–water partition coefficient (Wildman–Crippen LogP) is 3.49. The average molecular weight is 464 g/mol. The third-order valence-corrected chi connectivity index (χ3v) is 7.30. The number of hydrogen-bond acceptors (Lipinski definition) is 5. The molecule has 2 N–H and O–H groups in total. The highest BCUT2D eigenvalue weighted by Crippen LogP contribution is 2.42. The molecule has 1 aliphatic carbocycles. The lowest BCUT2D eigenvalue weighted by Gasteiger charge is -2.29. The molecule has 34 heavy (non-hydrogen) atoms. The molecule has 1 saturated carbocycles. The molecule has 0 radical (unpaired) electrons. The van der Waals surface area contributed by atoms with Crippen molar-refractivity contribution in [2.24, 2.45) is 5.92 Å². The number of anilines is 1. The van der Waals surface area contributed by atoms with Crippen molar-refractivity contribution in [3.63, 3.8) is 0 Å². The van der Waals surface area contributed by atoms with Gasteiger partial charge in [-0.3, -0.25) is 4.79 Å². The summed E-state index contributed by atoms with van der Waals surface area (Å²) in [6.45, 7) is 5.97. The number of carbonyl (C=O) groups excluding carboxylic acids is 1. The van der Waals surface area contributed by atoms with Crippen molar-refractivity contribution in [3.05, 3.63) is 42.5 Å². The van der Waals surface area contributed by atoms with Crippen LogP contribution in [0.3, 0.4) is 0 Å². The minimum absolute atomic E-state index is 0.0717. The molecule has 2 aromatic carbocycles. The summed E-state index contributed by atoms with van der Waals surface area (Å²) >= 11 is 0. The van der Waals surface area contributed by atoms with Gasteiger partial charge in [0.2, 0.25) is 5.91 Å². The molecular formula is C26H30FN5O2. The first-order valence-electron chi connectivity index (χ1n) is 12.3. The second-order valence-electron chi connectivity index (χ2n) is 9.72. The van der Waals surface area contributed by atoms with Gasteiger partial charge in [-0.15, -0.1) is 0 Å². The Balaban J connectivity index is 1.36. The first kappa shape index (κ1) is 21.4. The summed E-state index contributed by atoms with van der Waals surface area (Å²) in [5, 5.41) is 6.20. The Morgan fingerprint density at radius 3 is 2.68 bits per heavy atom. The number of ether oxygens (including phenoxy) is 1. The maximum absolute atomic E-state index is 15.2. The van der Waals surface area contributed by atoms with Gasteiger partial charge in [-0.25, -0.2) is 9.37 Å². The number of aromatic nitrogens is 2. The van der Waals surface area contributed by atoms with Crippen LogP contribution in [0.1, 0.15) is 32.2 Å². The van der Waals surface area contributed by atoms with Crippen LogP contribution < -0.4 is 20.3 Å². The predicted molar refractivity (Wildman–Crippen MR) is 130 cm³/mol. The zero-order valence-electron chi connectivity index (χ0n) is 19.4. The van der Waals surface area contributed by atoms with Gasteiger partial charge in [-0.1, -0.05) is 6.07 Å². The molecular weight excluding hydrogens is 433 g/mol. The smallest absolute Gasteiger partial charge is 0.220 e. The van der Waals surface area contributed by atoms with Crippen LogP contribution in [0, 0.1) is 11.7 Å². The Labute approximate surface area is 198 Å². The molecule has 1 unspecified atom stereocenters. The number of nitrogens with zero attached hydrogens (tertiary/aromatic N) is 3. The summed E-state index contributed by atoms with van der Waals surface area (Å²) in [6.07, 6.45) is 4.51. The van der Waals surface area contributed by atoms with Crippen molar-refractivity contribution in [3.8, 4) is 16.9 Å². The highest BCUT2D eigenvalue weighted by atomic mass is 19.1. The maximum Gasteiger partial charge on any atom is 0.220 e. The molecule has 1 amide bonds. The molecule has 3 aliphatic rings. The Bertz CT molecular complexity index is 1230. The molecule has 7 nitrogen and oxygen atoms in total. The Morgan fingerprint density at radius 1 is 1.15 bits per heavy atom. The van der Waals surface area contributed by atoms with E-state index in [1.165, 1.54) is 0 Å². The van der Waals surface area contributed by atoms with E-state index in [0.29, 0.717) is 24.7 Å². The lowest BCUT2D eigenvalue weighted by Crippen LogP contribution is -2.43. The third kappa shape index (κ3) is 4.00. The van der Waals surface area contributed by atoms with Crippen LogP contribution in [0.4, 0.5) is 10.1 Å². The fourth-order valence-corrected chi connectivity index (χ4v) is 5.12. The summed E-state index contributed by atoms with van der Waals surface area (Å²) in [6, 6.07) is 9.95. The van der Waals surface area contributed by atoms with Crippen LogP contribution in [-0.2, 0) is 4.79 Å². The Morgan fingerprint density at radius 2 is 1.97 bits per heavy atom. The second-order valence-corrected chi connectivity index (χ2v) is 9.72. The fourth-order valence-electron chi connectivity index (χ4n) is 5.12. The highest BCUT2D eigenvalue weighted by Gasteiger charge is 2.30. The zero-order chi connectivity index (χ0) is 23.2. The summed E-state index contributed by atoms with van der Waals surface area (Å²) in [7, 11) is 0. The molecule has 3 fully saturated rings. The standard InChI is InChI=1S/C26H30FN5O2/c1-16(19-13-25(33)29-14-19)34-24-12-18(11-22-26(24)32(15-30-22)20-3-4-20)17-2-5-23(21(27)10-17)31-8-6-28-7-9-31/h2,5,10-12,15-16,19-20,28H,3-4,6-9,13-14H2,1H3,(H,29,33)/t16-,19?/m1/s1. The number of piperazine rings is 1. The summed E-state index contributed by atoms with van der Waals surface area (Å²) < 4.78 is 23.8. The molecule has 0 spiro atoms. The number of benzene rings is 2. The number of halogens is 1. The molecule has 1 aromatic heterocycles. The summed E-state index contributed by atoms with van der Waals surface area (Å²) in [5.41, 5.74) is 4.15. The topological polar surface area (TPSA) is 71.4 Å².